The van der Waals surface area contributed by atoms with E-state index in [0.717, 1.165) is 11.3 Å². The second-order valence-corrected chi connectivity index (χ2v) is 4.19. The maximum atomic E-state index is 13.6. The zero-order chi connectivity index (χ0) is 11.8. The smallest absolute Gasteiger partial charge is 0.165 e. The van der Waals surface area contributed by atoms with Crippen LogP contribution in [0.5, 0.6) is 0 Å². The number of pyridine rings is 1. The normalized spacial score (nSPS) is 13.8. The molecule has 4 heteroatoms. The highest BCUT2D eigenvalue weighted by molar-refractivity contribution is 5.52. The van der Waals surface area contributed by atoms with Gasteiger partial charge in [-0.2, -0.15) is 0 Å². The number of rotatable bonds is 1. The summed E-state index contributed by atoms with van der Waals surface area (Å²) in [6.45, 7) is 1.35. The van der Waals surface area contributed by atoms with Gasteiger partial charge in [-0.15, -0.1) is 0 Å². The zero-order valence-electron chi connectivity index (χ0n) is 9.23. The molecule has 0 spiro atoms. The van der Waals surface area contributed by atoms with Crippen molar-refractivity contribution >= 4 is 11.5 Å². The van der Waals surface area contributed by atoms with Crippen LogP contribution < -0.4 is 10.6 Å². The van der Waals surface area contributed by atoms with E-state index in [4.69, 9.17) is 5.73 Å². The van der Waals surface area contributed by atoms with Gasteiger partial charge in [0.05, 0.1) is 0 Å². The molecule has 2 N–H and O–H groups in total. The summed E-state index contributed by atoms with van der Waals surface area (Å²) in [5.41, 5.74) is 8.81. The molecule has 0 bridgehead atoms. The van der Waals surface area contributed by atoms with Gasteiger partial charge in [-0.3, -0.25) is 0 Å². The molecule has 86 valence electrons. The molecule has 0 fully saturated rings. The molecule has 2 aromatic rings. The van der Waals surface area contributed by atoms with Gasteiger partial charge in [0, 0.05) is 25.0 Å². The van der Waals surface area contributed by atoms with Gasteiger partial charge in [0.2, 0.25) is 0 Å². The molecule has 0 unspecified atom stereocenters. The van der Waals surface area contributed by atoms with E-state index in [1.54, 1.807) is 12.3 Å². The Morgan fingerprint density at radius 3 is 2.82 bits per heavy atom. The number of benzene rings is 1. The lowest BCUT2D eigenvalue weighted by Gasteiger charge is -2.16. The maximum absolute atomic E-state index is 13.6. The fraction of sp³-hybridized carbons (Fsp3) is 0.154. The highest BCUT2D eigenvalue weighted by Gasteiger charge is 2.22. The quantitative estimate of drug-likeness (QED) is 0.763. The van der Waals surface area contributed by atoms with Crippen LogP contribution in [0.2, 0.25) is 0 Å². The van der Waals surface area contributed by atoms with Gasteiger partial charge < -0.3 is 10.6 Å². The molecule has 2 heterocycles. The molecule has 0 radical (unpaired) electrons. The van der Waals surface area contributed by atoms with E-state index >= 15 is 0 Å². The van der Waals surface area contributed by atoms with E-state index in [2.05, 4.69) is 4.98 Å². The maximum Gasteiger partial charge on any atom is 0.165 e. The summed E-state index contributed by atoms with van der Waals surface area (Å²) in [5, 5.41) is 0. The summed E-state index contributed by atoms with van der Waals surface area (Å²) in [5.74, 6) is 0.121. The van der Waals surface area contributed by atoms with Crippen molar-refractivity contribution in [3.8, 4) is 0 Å². The number of fused-ring (bicyclic) bond motifs is 1. The van der Waals surface area contributed by atoms with Crippen molar-refractivity contribution in [3.63, 3.8) is 0 Å². The fourth-order valence-electron chi connectivity index (χ4n) is 2.17. The lowest BCUT2D eigenvalue weighted by Crippen LogP contribution is -2.17. The molecule has 0 atom stereocenters. The van der Waals surface area contributed by atoms with Crippen LogP contribution in [-0.2, 0) is 13.1 Å². The molecule has 0 amide bonds. The van der Waals surface area contributed by atoms with Crippen molar-refractivity contribution < 1.29 is 4.39 Å². The second-order valence-electron chi connectivity index (χ2n) is 4.19. The third kappa shape index (κ3) is 1.71. The van der Waals surface area contributed by atoms with Gasteiger partial charge in [-0.05, 0) is 35.4 Å². The van der Waals surface area contributed by atoms with Gasteiger partial charge >= 0.3 is 0 Å². The summed E-state index contributed by atoms with van der Waals surface area (Å²) in [6, 6.07) is 8.83. The van der Waals surface area contributed by atoms with Crippen molar-refractivity contribution in [2.45, 2.75) is 13.1 Å². The van der Waals surface area contributed by atoms with Crippen LogP contribution in [0.4, 0.5) is 15.9 Å². The fourth-order valence-corrected chi connectivity index (χ4v) is 2.17. The molecule has 3 rings (SSSR count). The second kappa shape index (κ2) is 3.73. The first-order valence-corrected chi connectivity index (χ1v) is 5.47. The minimum atomic E-state index is -0.284. The number of anilines is 2. The Morgan fingerprint density at radius 1 is 1.18 bits per heavy atom. The van der Waals surface area contributed by atoms with Gasteiger partial charge in [0.1, 0.15) is 0 Å². The molecule has 0 saturated heterocycles. The Labute approximate surface area is 98.7 Å². The lowest BCUT2D eigenvalue weighted by molar-refractivity contribution is 0.611. The lowest BCUT2D eigenvalue weighted by atomic mass is 10.1. The SMILES string of the molecule is Nc1ccc2c(c1)CN(c1ncccc1F)C2. The highest BCUT2D eigenvalue weighted by Crippen LogP contribution is 2.29. The third-order valence-corrected chi connectivity index (χ3v) is 2.99. The summed E-state index contributed by atoms with van der Waals surface area (Å²) >= 11 is 0. The number of hydrogen-bond donors (Lipinski definition) is 1. The van der Waals surface area contributed by atoms with Gasteiger partial charge in [-0.25, -0.2) is 9.37 Å². The summed E-state index contributed by atoms with van der Waals surface area (Å²) < 4.78 is 13.6. The van der Waals surface area contributed by atoms with Crippen molar-refractivity contribution in [2.75, 3.05) is 10.6 Å². The Bertz CT molecular complexity index is 568. The number of halogens is 1. The highest BCUT2D eigenvalue weighted by atomic mass is 19.1. The van der Waals surface area contributed by atoms with Crippen LogP contribution in [0.1, 0.15) is 11.1 Å². The number of nitrogens with two attached hydrogens (primary N) is 1. The van der Waals surface area contributed by atoms with Crippen LogP contribution in [-0.4, -0.2) is 4.98 Å². The van der Waals surface area contributed by atoms with Crippen molar-refractivity contribution in [1.82, 2.24) is 4.98 Å². The van der Waals surface area contributed by atoms with Crippen LogP contribution in [0.3, 0.4) is 0 Å². The van der Waals surface area contributed by atoms with E-state index in [1.165, 1.54) is 11.6 Å². The molecule has 1 aliphatic rings. The first-order chi connectivity index (χ1) is 8.24. The van der Waals surface area contributed by atoms with Crippen LogP contribution >= 0.6 is 0 Å². The Kier molecular flexibility index (Phi) is 2.21. The minimum absolute atomic E-state index is 0.284. The predicted octanol–water partition coefficient (Wildman–Crippen LogP) is 2.32. The molecule has 1 aromatic carbocycles. The van der Waals surface area contributed by atoms with E-state index in [9.17, 15) is 4.39 Å². The largest absolute Gasteiger partial charge is 0.399 e. The van der Waals surface area contributed by atoms with E-state index < -0.39 is 0 Å². The van der Waals surface area contributed by atoms with Crippen molar-refractivity contribution in [3.05, 3.63) is 53.5 Å². The average molecular weight is 229 g/mol. The monoisotopic (exact) mass is 229 g/mol. The third-order valence-electron chi connectivity index (χ3n) is 2.99. The topological polar surface area (TPSA) is 42.1 Å². The standard InChI is InChI=1S/C13H12FN3/c14-12-2-1-5-16-13(12)17-7-9-3-4-11(15)6-10(9)8-17/h1-6H,7-8,15H2. The minimum Gasteiger partial charge on any atom is -0.399 e. The summed E-state index contributed by atoms with van der Waals surface area (Å²) in [7, 11) is 0. The molecule has 17 heavy (non-hydrogen) atoms. The Hall–Kier alpha value is -2.10. The molecule has 0 saturated carbocycles. The molecule has 1 aliphatic heterocycles. The first kappa shape index (κ1) is 10.1. The van der Waals surface area contributed by atoms with Crippen molar-refractivity contribution in [2.24, 2.45) is 0 Å². The number of hydrogen-bond acceptors (Lipinski definition) is 3. The Balaban J connectivity index is 1.94. The number of nitrogen functional groups attached to an aromatic ring is 1. The van der Waals surface area contributed by atoms with Crippen LogP contribution in [0.15, 0.2) is 36.5 Å². The molecular formula is C13H12FN3. The number of aromatic nitrogens is 1. The van der Waals surface area contributed by atoms with Gasteiger partial charge in [0.15, 0.2) is 11.6 Å². The van der Waals surface area contributed by atoms with Crippen molar-refractivity contribution in [1.29, 1.82) is 0 Å². The first-order valence-electron chi connectivity index (χ1n) is 5.47. The number of nitrogens with zero attached hydrogens (tertiary/aromatic N) is 2. The zero-order valence-corrected chi connectivity index (χ0v) is 9.23. The summed E-state index contributed by atoms with van der Waals surface area (Å²) in [4.78, 5) is 6.00. The molecule has 3 nitrogen and oxygen atoms in total. The van der Waals surface area contributed by atoms with Gasteiger partial charge in [0.25, 0.3) is 0 Å². The molecular weight excluding hydrogens is 217 g/mol. The van der Waals surface area contributed by atoms with Crippen LogP contribution in [0, 0.1) is 5.82 Å². The Morgan fingerprint density at radius 2 is 2.00 bits per heavy atom. The van der Waals surface area contributed by atoms with E-state index in [0.29, 0.717) is 18.9 Å². The van der Waals surface area contributed by atoms with Gasteiger partial charge in [-0.1, -0.05) is 6.07 Å². The van der Waals surface area contributed by atoms with Crippen LogP contribution in [0.25, 0.3) is 0 Å². The van der Waals surface area contributed by atoms with E-state index in [-0.39, 0.29) is 5.82 Å². The average Bonchev–Trinajstić information content (AvgIpc) is 2.72. The van der Waals surface area contributed by atoms with E-state index in [1.807, 2.05) is 23.1 Å². The summed E-state index contributed by atoms with van der Waals surface area (Å²) in [6.07, 6.45) is 1.61. The molecule has 1 aromatic heterocycles. The predicted molar refractivity (Wildman–Crippen MR) is 64.9 cm³/mol. The molecule has 0 aliphatic carbocycles.